The minimum Gasteiger partial charge on any atom is -0.343 e. The molecule has 0 bridgehead atoms. The van der Waals surface area contributed by atoms with Crippen molar-refractivity contribution in [1.82, 2.24) is 0 Å². The second kappa shape index (κ2) is 7.89. The first-order valence-electron chi connectivity index (χ1n) is 4.36. The summed E-state index contributed by atoms with van der Waals surface area (Å²) in [7, 11) is 1.06. The molecule has 0 fully saturated rings. The van der Waals surface area contributed by atoms with Gasteiger partial charge in [0, 0.05) is 32.7 Å². The maximum atomic E-state index is 4.20. The van der Waals surface area contributed by atoms with Gasteiger partial charge in [-0.2, -0.15) is 11.8 Å². The van der Waals surface area contributed by atoms with Crippen LogP contribution in [0.2, 0.25) is 0 Å². The van der Waals surface area contributed by atoms with Crippen molar-refractivity contribution in [2.45, 2.75) is 39.3 Å². The Hall–Kier alpha value is 1.53. The first-order chi connectivity index (χ1) is 4.98. The second-order valence-corrected chi connectivity index (χ2v) is 5.87. The topological polar surface area (TPSA) is 0 Å². The predicted molar refractivity (Wildman–Crippen MR) is 56.4 cm³/mol. The van der Waals surface area contributed by atoms with Crippen LogP contribution in [-0.2, 0) is 32.7 Å². The number of hydrogen-bond acceptors (Lipinski definition) is 0. The molecule has 0 spiro atoms. The van der Waals surface area contributed by atoms with Gasteiger partial charge in [0.1, 0.15) is 0 Å². The molecule has 71 valence electrons. The molecule has 2 atom stereocenters. The summed E-state index contributed by atoms with van der Waals surface area (Å²) in [5, 5.41) is 0. The van der Waals surface area contributed by atoms with Crippen LogP contribution in [0.3, 0.4) is 0 Å². The Balaban J connectivity index is 0. The van der Waals surface area contributed by atoms with Gasteiger partial charge in [0.15, 0.2) is 0 Å². The Morgan fingerprint density at radius 2 is 1.92 bits per heavy atom. The van der Waals surface area contributed by atoms with Crippen LogP contribution in [0.25, 0.3) is 0 Å². The summed E-state index contributed by atoms with van der Waals surface area (Å²) in [5.41, 5.74) is 1.12. The van der Waals surface area contributed by atoms with E-state index in [1.54, 1.807) is 0 Å². The number of rotatable bonds is 5. The van der Waals surface area contributed by atoms with Crippen molar-refractivity contribution in [2.75, 3.05) is 6.16 Å². The van der Waals surface area contributed by atoms with E-state index in [0.717, 1.165) is 27.1 Å². The molecule has 0 aromatic heterocycles. The van der Waals surface area contributed by atoms with Gasteiger partial charge in [-0.05, 0) is 5.66 Å². The van der Waals surface area contributed by atoms with Crippen molar-refractivity contribution in [3.05, 3.63) is 13.8 Å². The molecule has 0 amide bonds. The Morgan fingerprint density at radius 3 is 2.25 bits per heavy atom. The molecule has 0 saturated heterocycles. The minimum absolute atomic E-state index is 0. The summed E-state index contributed by atoms with van der Waals surface area (Å²) < 4.78 is 0. The SMILES string of the molecule is [CH2-]CCC([CH2-])(C)CPC(C)C.[Y]. The van der Waals surface area contributed by atoms with Gasteiger partial charge < -0.3 is 13.8 Å². The van der Waals surface area contributed by atoms with E-state index in [4.69, 9.17) is 0 Å². The fourth-order valence-corrected chi connectivity index (χ4v) is 2.04. The summed E-state index contributed by atoms with van der Waals surface area (Å²) in [6.07, 6.45) is 3.44. The maximum absolute atomic E-state index is 4.20. The smallest absolute Gasteiger partial charge is 0 e. The third-order valence-corrected chi connectivity index (χ3v) is 3.59. The molecular weight excluding hydrogens is 240 g/mol. The van der Waals surface area contributed by atoms with Crippen LogP contribution in [0.15, 0.2) is 0 Å². The average molecular weight is 261 g/mol. The normalized spacial score (nSPS) is 16.5. The fraction of sp³-hybridized carbons (Fsp3) is 0.800. The van der Waals surface area contributed by atoms with E-state index in [-0.39, 0.29) is 38.1 Å². The molecule has 0 aromatic carbocycles. The summed E-state index contributed by atoms with van der Waals surface area (Å²) in [5.74, 6) is 0. The monoisotopic (exact) mass is 261 g/mol. The van der Waals surface area contributed by atoms with Crippen LogP contribution in [0.5, 0.6) is 0 Å². The fourth-order valence-electron chi connectivity index (χ4n) is 0.966. The molecule has 0 N–H and O–H groups in total. The van der Waals surface area contributed by atoms with Gasteiger partial charge in [0.25, 0.3) is 0 Å². The van der Waals surface area contributed by atoms with Gasteiger partial charge in [-0.25, -0.2) is 0 Å². The Bertz CT molecular complexity index is 100. The summed E-state index contributed by atoms with van der Waals surface area (Å²) in [6.45, 7) is 14.9. The average Bonchev–Trinajstić information content (AvgIpc) is 1.84. The molecule has 0 saturated carbocycles. The molecule has 0 aliphatic carbocycles. The van der Waals surface area contributed by atoms with Gasteiger partial charge in [0.2, 0.25) is 0 Å². The van der Waals surface area contributed by atoms with E-state index in [2.05, 4.69) is 34.6 Å². The molecule has 0 heterocycles. The number of hydrogen-bond donors (Lipinski definition) is 0. The van der Waals surface area contributed by atoms with Crippen molar-refractivity contribution >= 4 is 8.58 Å². The maximum Gasteiger partial charge on any atom is 0 e. The summed E-state index contributed by atoms with van der Waals surface area (Å²) >= 11 is 0. The van der Waals surface area contributed by atoms with Gasteiger partial charge in [-0.3, -0.25) is 0 Å². The van der Waals surface area contributed by atoms with E-state index in [9.17, 15) is 0 Å². The minimum atomic E-state index is 0. The van der Waals surface area contributed by atoms with E-state index < -0.39 is 0 Å². The molecule has 0 nitrogen and oxygen atoms in total. The van der Waals surface area contributed by atoms with Gasteiger partial charge in [-0.15, -0.1) is 15.0 Å². The van der Waals surface area contributed by atoms with Crippen molar-refractivity contribution in [1.29, 1.82) is 0 Å². The molecule has 0 aromatic rings. The van der Waals surface area contributed by atoms with Crippen LogP contribution in [0.1, 0.15) is 33.6 Å². The van der Waals surface area contributed by atoms with Crippen LogP contribution in [0, 0.1) is 19.3 Å². The quantitative estimate of drug-likeness (QED) is 0.524. The Morgan fingerprint density at radius 1 is 1.42 bits per heavy atom. The van der Waals surface area contributed by atoms with Gasteiger partial charge >= 0.3 is 0 Å². The Kier molecular flexibility index (Phi) is 10.5. The van der Waals surface area contributed by atoms with Gasteiger partial charge in [-0.1, -0.05) is 26.9 Å². The standard InChI is InChI=1S/C10H21P.Y/c1-6-7-10(4,5)8-11-9(2)3;/h9,11H,1,4,6-8H2,2-3,5H3;/q-2;. The molecule has 1 radical (unpaired) electrons. The van der Waals surface area contributed by atoms with Crippen molar-refractivity contribution < 1.29 is 32.7 Å². The van der Waals surface area contributed by atoms with Crippen LogP contribution < -0.4 is 0 Å². The summed E-state index contributed by atoms with van der Waals surface area (Å²) in [4.78, 5) is 0. The van der Waals surface area contributed by atoms with Crippen molar-refractivity contribution in [2.24, 2.45) is 5.41 Å². The van der Waals surface area contributed by atoms with Gasteiger partial charge in [0.05, 0.1) is 0 Å². The van der Waals surface area contributed by atoms with Crippen LogP contribution in [-0.4, -0.2) is 11.8 Å². The van der Waals surface area contributed by atoms with Crippen molar-refractivity contribution in [3.8, 4) is 0 Å². The molecule has 2 unspecified atom stereocenters. The van der Waals surface area contributed by atoms with E-state index >= 15 is 0 Å². The van der Waals surface area contributed by atoms with Crippen molar-refractivity contribution in [3.63, 3.8) is 0 Å². The molecule has 0 aliphatic rings. The Labute approximate surface area is 105 Å². The second-order valence-electron chi connectivity index (χ2n) is 3.95. The van der Waals surface area contributed by atoms with E-state index in [0.29, 0.717) is 0 Å². The molecule has 12 heavy (non-hydrogen) atoms. The predicted octanol–water partition coefficient (Wildman–Crippen LogP) is 3.53. The first kappa shape index (κ1) is 16.0. The van der Waals surface area contributed by atoms with E-state index in [1.165, 1.54) is 6.16 Å². The largest absolute Gasteiger partial charge is 0.343 e. The van der Waals surface area contributed by atoms with Crippen LogP contribution in [0.4, 0.5) is 0 Å². The summed E-state index contributed by atoms with van der Waals surface area (Å²) in [6, 6.07) is 0. The molecular formula is C10H21PY-2. The zero-order valence-corrected chi connectivity index (χ0v) is 12.5. The third-order valence-electron chi connectivity index (χ3n) is 1.72. The molecule has 2 heteroatoms. The molecule has 0 aliphatic heterocycles. The molecule has 0 rings (SSSR count). The third kappa shape index (κ3) is 9.62. The van der Waals surface area contributed by atoms with Crippen LogP contribution >= 0.6 is 8.58 Å². The first-order valence-corrected chi connectivity index (χ1v) is 5.64. The zero-order valence-electron chi connectivity index (χ0n) is 8.69. The van der Waals surface area contributed by atoms with E-state index in [1.807, 2.05) is 0 Å². The zero-order chi connectivity index (χ0) is 8.91.